The molecule has 2 rings (SSSR count). The molecule has 0 spiro atoms. The van der Waals surface area contributed by atoms with Crippen LogP contribution in [0.15, 0.2) is 24.3 Å². The van der Waals surface area contributed by atoms with E-state index < -0.39 is 11.7 Å². The monoisotopic (exact) mass is 284 g/mol. The maximum Gasteiger partial charge on any atom is 0.416 e. The normalized spacial score (nSPS) is 18.4. The maximum atomic E-state index is 12.7. The molecule has 0 aliphatic heterocycles. The zero-order valence-corrected chi connectivity index (χ0v) is 11.4. The molecule has 1 aromatic carbocycles. The van der Waals surface area contributed by atoms with Gasteiger partial charge < -0.3 is 0 Å². The minimum Gasteiger partial charge on any atom is -0.294 e. The van der Waals surface area contributed by atoms with Crippen LogP contribution in [0.25, 0.3) is 0 Å². The molecule has 20 heavy (non-hydrogen) atoms. The molecule has 0 radical (unpaired) electrons. The number of Topliss-reactive ketones (excluding diaryl/α,β-unsaturated/α-hetero) is 1. The number of hydrogen-bond donors (Lipinski definition) is 0. The second kappa shape index (κ2) is 6.42. The molecule has 110 valence electrons. The van der Waals surface area contributed by atoms with E-state index in [-0.39, 0.29) is 17.3 Å². The van der Waals surface area contributed by atoms with E-state index in [0.29, 0.717) is 0 Å². The van der Waals surface area contributed by atoms with Gasteiger partial charge in [0.15, 0.2) is 5.78 Å². The van der Waals surface area contributed by atoms with Crippen LogP contribution in [0.2, 0.25) is 0 Å². The minimum absolute atomic E-state index is 0.112. The van der Waals surface area contributed by atoms with Crippen LogP contribution in [0.5, 0.6) is 0 Å². The third kappa shape index (κ3) is 3.84. The molecule has 0 saturated heterocycles. The number of rotatable bonds is 2. The standard InChI is InChI=1S/C16H19F3O/c17-16(18,19)14-10-6-9-13(11-14)15(20)12-7-4-2-1-3-5-8-12/h6,9-12H,1-5,7-8H2. The molecule has 0 N–H and O–H groups in total. The quantitative estimate of drug-likeness (QED) is 0.678. The number of halogens is 3. The van der Waals surface area contributed by atoms with Gasteiger partial charge in [-0.2, -0.15) is 13.2 Å². The molecule has 0 bridgehead atoms. The van der Waals surface area contributed by atoms with Gasteiger partial charge in [0.25, 0.3) is 0 Å². The van der Waals surface area contributed by atoms with Crippen molar-refractivity contribution in [2.45, 2.75) is 51.1 Å². The number of alkyl halides is 3. The Balaban J connectivity index is 2.15. The Morgan fingerprint density at radius 3 is 2.20 bits per heavy atom. The van der Waals surface area contributed by atoms with Crippen molar-refractivity contribution in [2.75, 3.05) is 0 Å². The maximum absolute atomic E-state index is 12.7. The van der Waals surface area contributed by atoms with Crippen LogP contribution in [0.1, 0.15) is 60.9 Å². The first-order valence-corrected chi connectivity index (χ1v) is 7.20. The first kappa shape index (κ1) is 15.1. The Morgan fingerprint density at radius 2 is 1.60 bits per heavy atom. The lowest BCUT2D eigenvalue weighted by atomic mass is 9.85. The second-order valence-electron chi connectivity index (χ2n) is 5.48. The summed E-state index contributed by atoms with van der Waals surface area (Å²) in [5.74, 6) is -0.239. The summed E-state index contributed by atoms with van der Waals surface area (Å²) in [6.07, 6.45) is 2.63. The van der Waals surface area contributed by atoms with Gasteiger partial charge in [0, 0.05) is 11.5 Å². The summed E-state index contributed by atoms with van der Waals surface area (Å²) in [7, 11) is 0. The predicted molar refractivity (Wildman–Crippen MR) is 71.6 cm³/mol. The van der Waals surface area contributed by atoms with Gasteiger partial charge in [-0.05, 0) is 25.0 Å². The topological polar surface area (TPSA) is 17.1 Å². The van der Waals surface area contributed by atoms with E-state index >= 15 is 0 Å². The van der Waals surface area contributed by atoms with Gasteiger partial charge in [-0.25, -0.2) is 0 Å². The largest absolute Gasteiger partial charge is 0.416 e. The molecule has 1 nitrogen and oxygen atoms in total. The minimum atomic E-state index is -4.39. The molecule has 1 aliphatic carbocycles. The van der Waals surface area contributed by atoms with Crippen molar-refractivity contribution in [3.8, 4) is 0 Å². The molecule has 1 aliphatic rings. The summed E-state index contributed by atoms with van der Waals surface area (Å²) in [6, 6.07) is 4.81. The first-order valence-electron chi connectivity index (χ1n) is 7.20. The van der Waals surface area contributed by atoms with Gasteiger partial charge in [0.1, 0.15) is 0 Å². The fourth-order valence-electron chi connectivity index (χ4n) is 2.80. The Bertz CT molecular complexity index is 457. The molecule has 0 aromatic heterocycles. The van der Waals surface area contributed by atoms with Crippen LogP contribution in [0, 0.1) is 5.92 Å². The average molecular weight is 284 g/mol. The zero-order chi connectivity index (χ0) is 14.6. The Morgan fingerprint density at radius 1 is 1.00 bits per heavy atom. The highest BCUT2D eigenvalue weighted by Crippen LogP contribution is 2.31. The summed E-state index contributed by atoms with van der Waals surface area (Å²) in [6.45, 7) is 0. The van der Waals surface area contributed by atoms with E-state index in [1.165, 1.54) is 18.6 Å². The van der Waals surface area contributed by atoms with Gasteiger partial charge in [0.05, 0.1) is 5.56 Å². The molecule has 0 heterocycles. The van der Waals surface area contributed by atoms with E-state index in [1.54, 1.807) is 0 Å². The smallest absolute Gasteiger partial charge is 0.294 e. The summed E-state index contributed by atoms with van der Waals surface area (Å²) >= 11 is 0. The second-order valence-corrected chi connectivity index (χ2v) is 5.48. The lowest BCUT2D eigenvalue weighted by Crippen LogP contribution is -2.17. The molecule has 0 amide bonds. The van der Waals surface area contributed by atoms with Crippen molar-refractivity contribution in [3.05, 3.63) is 35.4 Å². The van der Waals surface area contributed by atoms with Gasteiger partial charge in [0.2, 0.25) is 0 Å². The molecular formula is C16H19F3O. The van der Waals surface area contributed by atoms with Gasteiger partial charge in [-0.15, -0.1) is 0 Å². The number of carbonyl (C=O) groups excluding carboxylic acids is 1. The zero-order valence-electron chi connectivity index (χ0n) is 11.4. The lowest BCUT2D eigenvalue weighted by molar-refractivity contribution is -0.137. The molecular weight excluding hydrogens is 265 g/mol. The molecule has 1 aromatic rings. The highest BCUT2D eigenvalue weighted by atomic mass is 19.4. The summed E-state index contributed by atoms with van der Waals surface area (Å²) in [4.78, 5) is 12.4. The lowest BCUT2D eigenvalue weighted by Gasteiger charge is -2.19. The van der Waals surface area contributed by atoms with Crippen molar-refractivity contribution in [2.24, 2.45) is 5.92 Å². The number of carbonyl (C=O) groups is 1. The van der Waals surface area contributed by atoms with Crippen LogP contribution in [0.4, 0.5) is 13.2 Å². The summed E-state index contributed by atoms with van der Waals surface area (Å²) in [5.41, 5.74) is -0.542. The van der Waals surface area contributed by atoms with E-state index in [9.17, 15) is 18.0 Å². The van der Waals surface area contributed by atoms with E-state index in [0.717, 1.165) is 50.7 Å². The first-order chi connectivity index (χ1) is 9.48. The van der Waals surface area contributed by atoms with Crippen LogP contribution in [-0.4, -0.2) is 5.78 Å². The van der Waals surface area contributed by atoms with Crippen LogP contribution in [0.3, 0.4) is 0 Å². The molecule has 4 heteroatoms. The third-order valence-corrected chi connectivity index (χ3v) is 3.95. The SMILES string of the molecule is O=C(c1cccc(C(F)(F)F)c1)C1CCCCCCC1. The van der Waals surface area contributed by atoms with Crippen molar-refractivity contribution in [1.82, 2.24) is 0 Å². The summed E-state index contributed by atoms with van der Waals surface area (Å²) in [5, 5.41) is 0. The fourth-order valence-corrected chi connectivity index (χ4v) is 2.80. The van der Waals surface area contributed by atoms with Crippen molar-refractivity contribution in [3.63, 3.8) is 0 Å². The predicted octanol–water partition coefficient (Wildman–Crippen LogP) is 5.25. The third-order valence-electron chi connectivity index (χ3n) is 3.95. The molecule has 0 atom stereocenters. The molecule has 1 saturated carbocycles. The van der Waals surface area contributed by atoms with E-state index in [1.807, 2.05) is 0 Å². The van der Waals surface area contributed by atoms with Gasteiger partial charge in [-0.1, -0.05) is 44.2 Å². The van der Waals surface area contributed by atoms with Gasteiger partial charge >= 0.3 is 6.18 Å². The van der Waals surface area contributed by atoms with Crippen molar-refractivity contribution < 1.29 is 18.0 Å². The Labute approximate surface area is 117 Å². The molecule has 1 fully saturated rings. The number of hydrogen-bond acceptors (Lipinski definition) is 1. The van der Waals surface area contributed by atoms with Crippen LogP contribution in [-0.2, 0) is 6.18 Å². The number of benzene rings is 1. The van der Waals surface area contributed by atoms with E-state index in [4.69, 9.17) is 0 Å². The average Bonchev–Trinajstić information content (AvgIpc) is 2.37. The Hall–Kier alpha value is -1.32. The fraction of sp³-hybridized carbons (Fsp3) is 0.562. The van der Waals surface area contributed by atoms with Crippen molar-refractivity contribution in [1.29, 1.82) is 0 Å². The highest BCUT2D eigenvalue weighted by Gasteiger charge is 2.31. The summed E-state index contributed by atoms with van der Waals surface area (Å²) < 4.78 is 38.0. The van der Waals surface area contributed by atoms with E-state index in [2.05, 4.69) is 0 Å². The van der Waals surface area contributed by atoms with Crippen LogP contribution < -0.4 is 0 Å². The molecule has 0 unspecified atom stereocenters. The van der Waals surface area contributed by atoms with Crippen molar-refractivity contribution >= 4 is 5.78 Å². The highest BCUT2D eigenvalue weighted by molar-refractivity contribution is 5.98. The van der Waals surface area contributed by atoms with Crippen LogP contribution >= 0.6 is 0 Å². The number of ketones is 1. The van der Waals surface area contributed by atoms with Gasteiger partial charge in [-0.3, -0.25) is 4.79 Å². The Kier molecular flexibility index (Phi) is 4.84.